The standard InChI is InChI=1S/C13H15N3O2S/c1-11(10-12-6-3-2-4-7-12)16-19(17,18)13-14-8-5-9-15-13/h2-9,11,16H,10H2,1H3/t11-/m1/s1. The van der Waals surface area contributed by atoms with Crippen LogP contribution in [0.1, 0.15) is 12.5 Å². The normalized spacial score (nSPS) is 13.1. The highest BCUT2D eigenvalue weighted by Gasteiger charge is 2.19. The number of aromatic nitrogens is 2. The zero-order valence-corrected chi connectivity index (χ0v) is 11.3. The van der Waals surface area contributed by atoms with E-state index >= 15 is 0 Å². The monoisotopic (exact) mass is 277 g/mol. The molecule has 2 aromatic rings. The SMILES string of the molecule is C[C@H](Cc1ccccc1)NS(=O)(=O)c1ncccn1. The second-order valence-electron chi connectivity index (χ2n) is 4.24. The Hall–Kier alpha value is -1.79. The predicted molar refractivity (Wildman–Crippen MR) is 72.0 cm³/mol. The van der Waals surface area contributed by atoms with Gasteiger partial charge in [0.2, 0.25) is 0 Å². The van der Waals surface area contributed by atoms with Crippen LogP contribution in [0.4, 0.5) is 0 Å². The van der Waals surface area contributed by atoms with Crippen molar-refractivity contribution in [3.8, 4) is 0 Å². The van der Waals surface area contributed by atoms with E-state index in [2.05, 4.69) is 14.7 Å². The Kier molecular flexibility index (Phi) is 4.24. The molecule has 1 N–H and O–H groups in total. The average Bonchev–Trinajstić information content (AvgIpc) is 2.40. The fraction of sp³-hybridized carbons (Fsp3) is 0.231. The summed E-state index contributed by atoms with van der Waals surface area (Å²) in [5, 5.41) is -0.199. The molecular formula is C13H15N3O2S. The Balaban J connectivity index is 2.05. The van der Waals surface area contributed by atoms with Crippen LogP contribution in [0.5, 0.6) is 0 Å². The summed E-state index contributed by atoms with van der Waals surface area (Å²) in [5.74, 6) is 0. The number of nitrogens with one attached hydrogen (secondary N) is 1. The molecule has 1 aromatic carbocycles. The third-order valence-electron chi connectivity index (χ3n) is 2.52. The highest BCUT2D eigenvalue weighted by atomic mass is 32.2. The molecule has 0 amide bonds. The van der Waals surface area contributed by atoms with Crippen LogP contribution in [0.25, 0.3) is 0 Å². The molecule has 19 heavy (non-hydrogen) atoms. The first kappa shape index (κ1) is 13.6. The summed E-state index contributed by atoms with van der Waals surface area (Å²) in [5.41, 5.74) is 1.08. The molecule has 0 unspecified atom stereocenters. The second kappa shape index (κ2) is 5.90. The van der Waals surface area contributed by atoms with E-state index in [0.29, 0.717) is 6.42 Å². The summed E-state index contributed by atoms with van der Waals surface area (Å²) in [7, 11) is -3.65. The fourth-order valence-corrected chi connectivity index (χ4v) is 2.87. The quantitative estimate of drug-likeness (QED) is 0.838. The van der Waals surface area contributed by atoms with E-state index in [0.717, 1.165) is 5.56 Å². The van der Waals surface area contributed by atoms with Gasteiger partial charge in [-0.05, 0) is 25.0 Å². The predicted octanol–water partition coefficient (Wildman–Crippen LogP) is 1.39. The van der Waals surface area contributed by atoms with E-state index in [1.807, 2.05) is 37.3 Å². The lowest BCUT2D eigenvalue weighted by molar-refractivity contribution is 0.551. The Bertz CT molecular complexity index is 615. The van der Waals surface area contributed by atoms with Crippen molar-refractivity contribution in [2.45, 2.75) is 24.5 Å². The summed E-state index contributed by atoms with van der Waals surface area (Å²) in [6.07, 6.45) is 3.43. The lowest BCUT2D eigenvalue weighted by atomic mass is 10.1. The summed E-state index contributed by atoms with van der Waals surface area (Å²) in [4.78, 5) is 7.50. The highest BCUT2D eigenvalue weighted by molar-refractivity contribution is 7.89. The van der Waals surface area contributed by atoms with Gasteiger partial charge in [-0.15, -0.1) is 0 Å². The van der Waals surface area contributed by atoms with Gasteiger partial charge in [-0.3, -0.25) is 0 Å². The van der Waals surface area contributed by atoms with E-state index in [-0.39, 0.29) is 11.2 Å². The molecule has 0 bridgehead atoms. The molecule has 6 heteroatoms. The number of nitrogens with zero attached hydrogens (tertiary/aromatic N) is 2. The third-order valence-corrected chi connectivity index (χ3v) is 3.93. The molecule has 100 valence electrons. The molecule has 1 aromatic heterocycles. The Morgan fingerprint density at radius 1 is 1.11 bits per heavy atom. The van der Waals surface area contributed by atoms with Crippen LogP contribution in [0, 0.1) is 0 Å². The van der Waals surface area contributed by atoms with E-state index < -0.39 is 10.0 Å². The topological polar surface area (TPSA) is 72.0 Å². The molecule has 0 saturated heterocycles. The second-order valence-corrected chi connectivity index (χ2v) is 5.85. The van der Waals surface area contributed by atoms with E-state index in [9.17, 15) is 8.42 Å². The van der Waals surface area contributed by atoms with Gasteiger partial charge in [0.05, 0.1) is 0 Å². The van der Waals surface area contributed by atoms with Gasteiger partial charge >= 0.3 is 0 Å². The molecule has 1 heterocycles. The number of sulfonamides is 1. The van der Waals surface area contributed by atoms with Crippen molar-refractivity contribution in [2.24, 2.45) is 0 Å². The molecule has 0 saturated carbocycles. The molecule has 0 aliphatic rings. The van der Waals surface area contributed by atoms with Gasteiger partial charge in [-0.2, -0.15) is 0 Å². The van der Waals surface area contributed by atoms with Gasteiger partial charge in [0.25, 0.3) is 15.2 Å². The van der Waals surface area contributed by atoms with E-state index in [4.69, 9.17) is 0 Å². The van der Waals surface area contributed by atoms with Crippen molar-refractivity contribution in [1.82, 2.24) is 14.7 Å². The van der Waals surface area contributed by atoms with Gasteiger partial charge in [-0.25, -0.2) is 23.1 Å². The van der Waals surface area contributed by atoms with Crippen LogP contribution in [0.2, 0.25) is 0 Å². The smallest absolute Gasteiger partial charge is 0.226 e. The molecule has 5 nitrogen and oxygen atoms in total. The van der Waals surface area contributed by atoms with Gasteiger partial charge < -0.3 is 0 Å². The minimum Gasteiger partial charge on any atom is -0.226 e. The van der Waals surface area contributed by atoms with Crippen molar-refractivity contribution < 1.29 is 8.42 Å². The first-order valence-corrected chi connectivity index (χ1v) is 7.39. The molecular weight excluding hydrogens is 262 g/mol. The van der Waals surface area contributed by atoms with Crippen molar-refractivity contribution in [3.63, 3.8) is 0 Å². The molecule has 1 atom stereocenters. The molecule has 0 spiro atoms. The van der Waals surface area contributed by atoms with Crippen molar-refractivity contribution in [2.75, 3.05) is 0 Å². The van der Waals surface area contributed by atoms with Crippen molar-refractivity contribution >= 4 is 10.0 Å². The van der Waals surface area contributed by atoms with E-state index in [1.165, 1.54) is 12.4 Å². The first-order chi connectivity index (χ1) is 9.08. The maximum atomic E-state index is 12.0. The Morgan fingerprint density at radius 2 is 1.74 bits per heavy atom. The zero-order valence-electron chi connectivity index (χ0n) is 10.5. The van der Waals surface area contributed by atoms with Crippen LogP contribution in [0.3, 0.4) is 0 Å². The Labute approximate surface area is 112 Å². The number of hydrogen-bond donors (Lipinski definition) is 1. The maximum absolute atomic E-state index is 12.0. The largest absolute Gasteiger partial charge is 0.276 e. The van der Waals surface area contributed by atoms with Gasteiger partial charge in [0.15, 0.2) is 0 Å². The minimum atomic E-state index is -3.65. The lowest BCUT2D eigenvalue weighted by Crippen LogP contribution is -2.35. The molecule has 0 aliphatic heterocycles. The fourth-order valence-electron chi connectivity index (χ4n) is 1.75. The van der Waals surface area contributed by atoms with Gasteiger partial charge in [0, 0.05) is 18.4 Å². The van der Waals surface area contributed by atoms with Crippen LogP contribution in [0.15, 0.2) is 53.9 Å². The molecule has 0 radical (unpaired) electrons. The van der Waals surface area contributed by atoms with Gasteiger partial charge in [0.1, 0.15) is 0 Å². The summed E-state index contributed by atoms with van der Waals surface area (Å²) < 4.78 is 26.6. The van der Waals surface area contributed by atoms with Crippen LogP contribution in [-0.2, 0) is 16.4 Å². The molecule has 0 aliphatic carbocycles. The number of benzene rings is 1. The minimum absolute atomic E-state index is 0.199. The highest BCUT2D eigenvalue weighted by Crippen LogP contribution is 2.06. The van der Waals surface area contributed by atoms with Crippen molar-refractivity contribution in [1.29, 1.82) is 0 Å². The number of rotatable bonds is 5. The Morgan fingerprint density at radius 3 is 2.37 bits per heavy atom. The summed E-state index contributed by atoms with van der Waals surface area (Å²) in [6, 6.07) is 11.1. The first-order valence-electron chi connectivity index (χ1n) is 5.91. The maximum Gasteiger partial charge on any atom is 0.276 e. The van der Waals surface area contributed by atoms with Crippen LogP contribution < -0.4 is 4.72 Å². The summed E-state index contributed by atoms with van der Waals surface area (Å²) in [6.45, 7) is 1.81. The van der Waals surface area contributed by atoms with E-state index in [1.54, 1.807) is 6.07 Å². The van der Waals surface area contributed by atoms with Gasteiger partial charge in [-0.1, -0.05) is 30.3 Å². The summed E-state index contributed by atoms with van der Waals surface area (Å²) >= 11 is 0. The zero-order chi connectivity index (χ0) is 13.7. The molecule has 2 rings (SSSR count). The lowest BCUT2D eigenvalue weighted by Gasteiger charge is -2.13. The van der Waals surface area contributed by atoms with Crippen LogP contribution in [-0.4, -0.2) is 24.4 Å². The average molecular weight is 277 g/mol. The van der Waals surface area contributed by atoms with Crippen molar-refractivity contribution in [3.05, 3.63) is 54.4 Å². The third kappa shape index (κ3) is 3.84. The molecule has 0 fully saturated rings. The van der Waals surface area contributed by atoms with Crippen LogP contribution >= 0.6 is 0 Å². The number of hydrogen-bond acceptors (Lipinski definition) is 4.